The Morgan fingerprint density at radius 2 is 1.77 bits per heavy atom. The number of methoxy groups -OCH3 is 1. The first-order valence-corrected chi connectivity index (χ1v) is 15.5. The lowest BCUT2D eigenvalue weighted by Crippen LogP contribution is -2.49. The highest BCUT2D eigenvalue weighted by molar-refractivity contribution is 9.10. The molecule has 1 fully saturated rings. The second kappa shape index (κ2) is 15.3. The molecular weight excluding hydrogens is 612 g/mol. The van der Waals surface area contributed by atoms with E-state index >= 15 is 0 Å². The Hall–Kier alpha value is -3.47. The average molecular weight is 654 g/mol. The molecule has 4 rings (SSSR count). The number of fused-ring (bicyclic) bond motifs is 1. The number of anilines is 2. The molecule has 230 valence electrons. The molecule has 1 unspecified atom stereocenters. The zero-order chi connectivity index (χ0) is 30.9. The summed E-state index contributed by atoms with van der Waals surface area (Å²) in [7, 11) is 3.34. The molecule has 1 aliphatic rings. The van der Waals surface area contributed by atoms with Crippen molar-refractivity contribution >= 4 is 56.3 Å². The Balaban J connectivity index is 1.71. The van der Waals surface area contributed by atoms with Gasteiger partial charge >= 0.3 is 0 Å². The van der Waals surface area contributed by atoms with E-state index in [-0.39, 0.29) is 42.9 Å². The molecule has 0 bridgehead atoms. The summed E-state index contributed by atoms with van der Waals surface area (Å²) < 4.78 is 12.2. The van der Waals surface area contributed by atoms with Crippen molar-refractivity contribution in [2.45, 2.75) is 51.7 Å². The fraction of sp³-hybridized carbons (Fsp3) is 0.424. The Morgan fingerprint density at radius 1 is 1.05 bits per heavy atom. The van der Waals surface area contributed by atoms with Crippen LogP contribution in [0.15, 0.2) is 59.1 Å². The molecule has 43 heavy (non-hydrogen) atoms. The van der Waals surface area contributed by atoms with Crippen LogP contribution in [0.2, 0.25) is 0 Å². The van der Waals surface area contributed by atoms with Crippen LogP contribution in [0.4, 0.5) is 11.4 Å². The third-order valence-corrected chi connectivity index (χ3v) is 8.70. The number of hydrogen-bond donors (Lipinski definition) is 2. The molecular formula is C33H41BrN4O5. The Bertz CT molecular complexity index is 1430. The van der Waals surface area contributed by atoms with Gasteiger partial charge in [-0.1, -0.05) is 40.2 Å². The lowest BCUT2D eigenvalue weighted by Gasteiger charge is -2.32. The molecule has 2 N–H and O–H groups in total. The van der Waals surface area contributed by atoms with Crippen LogP contribution in [0.25, 0.3) is 10.8 Å². The second-order valence-corrected chi connectivity index (χ2v) is 11.8. The molecule has 0 spiro atoms. The zero-order valence-electron chi connectivity index (χ0n) is 25.3. The highest BCUT2D eigenvalue weighted by Gasteiger charge is 2.28. The molecule has 10 heteroatoms. The van der Waals surface area contributed by atoms with E-state index in [9.17, 15) is 14.4 Å². The minimum Gasteiger partial charge on any atom is -0.496 e. The van der Waals surface area contributed by atoms with Gasteiger partial charge in [0.05, 0.1) is 31.1 Å². The molecule has 1 heterocycles. The van der Waals surface area contributed by atoms with Crippen LogP contribution in [-0.4, -0.2) is 64.2 Å². The van der Waals surface area contributed by atoms with Crippen molar-refractivity contribution in [3.05, 3.63) is 64.6 Å². The van der Waals surface area contributed by atoms with E-state index in [1.54, 1.807) is 30.9 Å². The lowest BCUT2D eigenvalue weighted by atomic mass is 9.95. The van der Waals surface area contributed by atoms with Crippen LogP contribution in [0.3, 0.4) is 0 Å². The van der Waals surface area contributed by atoms with E-state index in [1.807, 2.05) is 61.5 Å². The number of nitrogens with one attached hydrogen (secondary N) is 2. The van der Waals surface area contributed by atoms with Crippen LogP contribution in [0, 0.1) is 5.92 Å². The predicted molar refractivity (Wildman–Crippen MR) is 174 cm³/mol. The fourth-order valence-electron chi connectivity index (χ4n) is 5.46. The quantitative estimate of drug-likeness (QED) is 0.251. The van der Waals surface area contributed by atoms with E-state index in [2.05, 4.69) is 26.6 Å². The van der Waals surface area contributed by atoms with Crippen LogP contribution in [0.1, 0.15) is 38.7 Å². The number of benzene rings is 3. The first-order valence-electron chi connectivity index (χ1n) is 14.7. The SMILES string of the molecule is CN[C@@H](C)C(=O)NC(C)CN(C(=O)CC1CCOCC1)c1ccccc1N(C=O)Cc1c(OC)ccc2c(Br)cccc12. The molecule has 9 nitrogen and oxygen atoms in total. The van der Waals surface area contributed by atoms with Crippen molar-refractivity contribution in [3.8, 4) is 5.75 Å². The Labute approximate surface area is 262 Å². The van der Waals surface area contributed by atoms with Crippen molar-refractivity contribution in [1.82, 2.24) is 10.6 Å². The maximum atomic E-state index is 14.0. The normalized spacial score (nSPS) is 15.0. The maximum Gasteiger partial charge on any atom is 0.237 e. The monoisotopic (exact) mass is 652 g/mol. The molecule has 3 aromatic rings. The number of halogens is 1. The highest BCUT2D eigenvalue weighted by atomic mass is 79.9. The Kier molecular flexibility index (Phi) is 11.6. The van der Waals surface area contributed by atoms with Gasteiger partial charge in [-0.2, -0.15) is 0 Å². The highest BCUT2D eigenvalue weighted by Crippen LogP contribution is 2.36. The van der Waals surface area contributed by atoms with Gasteiger partial charge in [0.1, 0.15) is 5.75 Å². The Morgan fingerprint density at radius 3 is 2.44 bits per heavy atom. The standard InChI is InChI=1S/C33H41BrN4O5/c1-22(36-33(41)23(2)35-3)19-38(32(40)18-24-14-16-43-17-15-24)30-11-6-5-10-29(30)37(21-39)20-27-25-8-7-9-28(34)26(25)12-13-31(27)42-4/h5-13,21-24,35H,14-20H2,1-4H3,(H,36,41)/t22?,23-/m0/s1. The molecule has 0 radical (unpaired) electrons. The number of carbonyl (C=O) groups excluding carboxylic acids is 3. The molecule has 0 aromatic heterocycles. The number of likely N-dealkylation sites (N-methyl/N-ethyl adjacent to an activating group) is 1. The van der Waals surface area contributed by atoms with Crippen molar-refractivity contribution in [2.75, 3.05) is 43.7 Å². The number of hydrogen-bond acceptors (Lipinski definition) is 6. The van der Waals surface area contributed by atoms with Gasteiger partial charge in [-0.15, -0.1) is 0 Å². The summed E-state index contributed by atoms with van der Waals surface area (Å²) in [4.78, 5) is 42.7. The van der Waals surface area contributed by atoms with E-state index in [0.29, 0.717) is 36.8 Å². The third-order valence-electron chi connectivity index (χ3n) is 8.01. The second-order valence-electron chi connectivity index (χ2n) is 11.0. The summed E-state index contributed by atoms with van der Waals surface area (Å²) >= 11 is 3.64. The van der Waals surface area contributed by atoms with Crippen LogP contribution in [-0.2, 0) is 25.7 Å². The van der Waals surface area contributed by atoms with Crippen molar-refractivity contribution in [1.29, 1.82) is 0 Å². The molecule has 3 amide bonds. The van der Waals surface area contributed by atoms with Gasteiger partial charge in [0, 0.05) is 42.3 Å². The fourth-order valence-corrected chi connectivity index (χ4v) is 5.96. The number of amides is 3. The van der Waals surface area contributed by atoms with Gasteiger partial charge in [0.2, 0.25) is 18.2 Å². The zero-order valence-corrected chi connectivity index (χ0v) is 26.9. The minimum absolute atomic E-state index is 0.0559. The largest absolute Gasteiger partial charge is 0.496 e. The third kappa shape index (κ3) is 7.93. The summed E-state index contributed by atoms with van der Waals surface area (Å²) in [5.74, 6) is 0.673. The first kappa shape index (κ1) is 32.4. The number of nitrogens with zero attached hydrogens (tertiary/aromatic N) is 2. The minimum atomic E-state index is -0.373. The summed E-state index contributed by atoms with van der Waals surface area (Å²) in [5.41, 5.74) is 2.05. The van der Waals surface area contributed by atoms with Crippen molar-refractivity contribution in [3.63, 3.8) is 0 Å². The lowest BCUT2D eigenvalue weighted by molar-refractivity contribution is -0.124. The predicted octanol–water partition coefficient (Wildman–Crippen LogP) is 5.04. The number of para-hydroxylation sites is 2. The average Bonchev–Trinajstić information content (AvgIpc) is 3.02. The number of ether oxygens (including phenoxy) is 2. The molecule has 3 aromatic carbocycles. The molecule has 2 atom stereocenters. The van der Waals surface area contributed by atoms with Gasteiger partial charge < -0.3 is 29.9 Å². The number of rotatable bonds is 13. The molecule has 1 saturated heterocycles. The van der Waals surface area contributed by atoms with Crippen LogP contribution >= 0.6 is 15.9 Å². The van der Waals surface area contributed by atoms with E-state index in [1.165, 1.54) is 0 Å². The number of carbonyl (C=O) groups is 3. The van der Waals surface area contributed by atoms with Gasteiger partial charge in [0.25, 0.3) is 0 Å². The van der Waals surface area contributed by atoms with Gasteiger partial charge in [-0.3, -0.25) is 14.4 Å². The van der Waals surface area contributed by atoms with Crippen molar-refractivity contribution in [2.24, 2.45) is 5.92 Å². The summed E-state index contributed by atoms with van der Waals surface area (Å²) in [6.07, 6.45) is 2.79. The summed E-state index contributed by atoms with van der Waals surface area (Å²) in [5, 5.41) is 7.93. The maximum absolute atomic E-state index is 14.0. The summed E-state index contributed by atoms with van der Waals surface area (Å²) in [6, 6.07) is 16.5. The van der Waals surface area contributed by atoms with Crippen LogP contribution in [0.5, 0.6) is 5.75 Å². The van der Waals surface area contributed by atoms with Gasteiger partial charge in [-0.05, 0) is 80.8 Å². The van der Waals surface area contributed by atoms with Crippen LogP contribution < -0.4 is 25.2 Å². The molecule has 0 aliphatic carbocycles. The van der Waals surface area contributed by atoms with Gasteiger partial charge in [0.15, 0.2) is 0 Å². The van der Waals surface area contributed by atoms with E-state index in [0.717, 1.165) is 40.1 Å². The first-order chi connectivity index (χ1) is 20.8. The molecule has 0 saturated carbocycles. The van der Waals surface area contributed by atoms with E-state index in [4.69, 9.17) is 9.47 Å². The van der Waals surface area contributed by atoms with Gasteiger partial charge in [-0.25, -0.2) is 0 Å². The van der Waals surface area contributed by atoms with E-state index < -0.39 is 0 Å². The smallest absolute Gasteiger partial charge is 0.237 e. The molecule has 1 aliphatic heterocycles. The topological polar surface area (TPSA) is 100 Å². The van der Waals surface area contributed by atoms with Crippen molar-refractivity contribution < 1.29 is 23.9 Å². The summed E-state index contributed by atoms with van der Waals surface area (Å²) in [6.45, 7) is 5.43.